The van der Waals surface area contributed by atoms with Crippen molar-refractivity contribution < 1.29 is 5.11 Å². The van der Waals surface area contributed by atoms with Crippen LogP contribution < -0.4 is 5.32 Å². The van der Waals surface area contributed by atoms with Crippen molar-refractivity contribution in [3.63, 3.8) is 0 Å². The molecule has 3 nitrogen and oxygen atoms in total. The molecule has 1 aliphatic carbocycles. The van der Waals surface area contributed by atoms with E-state index in [2.05, 4.69) is 24.2 Å². The van der Waals surface area contributed by atoms with E-state index in [-0.39, 0.29) is 12.6 Å². The minimum absolute atomic E-state index is 0.262. The number of aliphatic hydroxyl groups excluding tert-OH is 1. The minimum Gasteiger partial charge on any atom is -0.395 e. The monoisotopic (exact) mass is 242 g/mol. The fourth-order valence-electron chi connectivity index (χ4n) is 2.67. The number of nitrogens with one attached hydrogen (secondary N) is 1. The lowest BCUT2D eigenvalue weighted by atomic mass is 9.94. The van der Waals surface area contributed by atoms with Gasteiger partial charge in [-0.05, 0) is 45.8 Å². The Labute approximate surface area is 107 Å². The molecule has 17 heavy (non-hydrogen) atoms. The van der Waals surface area contributed by atoms with E-state index in [1.54, 1.807) is 0 Å². The van der Waals surface area contributed by atoms with Crippen molar-refractivity contribution in [3.05, 3.63) is 0 Å². The molecule has 1 saturated carbocycles. The van der Waals surface area contributed by atoms with Crippen LogP contribution in [0.2, 0.25) is 0 Å². The summed E-state index contributed by atoms with van der Waals surface area (Å²) in [5, 5.41) is 12.7. The van der Waals surface area contributed by atoms with Gasteiger partial charge in [-0.3, -0.25) is 0 Å². The van der Waals surface area contributed by atoms with Gasteiger partial charge in [-0.1, -0.05) is 26.2 Å². The summed E-state index contributed by atoms with van der Waals surface area (Å²) in [6.45, 7) is 4.54. The maximum absolute atomic E-state index is 9.29. The summed E-state index contributed by atoms with van der Waals surface area (Å²) in [5.41, 5.74) is 0. The van der Waals surface area contributed by atoms with E-state index in [1.165, 1.54) is 32.1 Å². The molecular formula is C14H30N2O. The molecule has 0 bridgehead atoms. The van der Waals surface area contributed by atoms with Crippen LogP contribution >= 0.6 is 0 Å². The Kier molecular flexibility index (Phi) is 7.82. The molecule has 1 fully saturated rings. The first-order valence-electron chi connectivity index (χ1n) is 7.32. The first-order chi connectivity index (χ1) is 8.27. The van der Waals surface area contributed by atoms with E-state index in [0.717, 1.165) is 32.0 Å². The third-order valence-electron chi connectivity index (χ3n) is 3.93. The van der Waals surface area contributed by atoms with Gasteiger partial charge in [-0.25, -0.2) is 0 Å². The van der Waals surface area contributed by atoms with Gasteiger partial charge < -0.3 is 15.3 Å². The molecule has 1 rings (SSSR count). The quantitative estimate of drug-likeness (QED) is 0.683. The van der Waals surface area contributed by atoms with E-state index in [1.807, 2.05) is 0 Å². The van der Waals surface area contributed by atoms with E-state index in [9.17, 15) is 5.11 Å². The van der Waals surface area contributed by atoms with Gasteiger partial charge in [0.25, 0.3) is 0 Å². The van der Waals surface area contributed by atoms with Crippen molar-refractivity contribution in [3.8, 4) is 0 Å². The van der Waals surface area contributed by atoms with Crippen molar-refractivity contribution in [2.24, 2.45) is 0 Å². The maximum atomic E-state index is 9.29. The second-order valence-corrected chi connectivity index (χ2v) is 5.39. The first-order valence-corrected chi connectivity index (χ1v) is 7.32. The van der Waals surface area contributed by atoms with Gasteiger partial charge in [0.2, 0.25) is 0 Å². The smallest absolute Gasteiger partial charge is 0.0585 e. The van der Waals surface area contributed by atoms with Crippen LogP contribution in [0, 0.1) is 0 Å². The van der Waals surface area contributed by atoms with Gasteiger partial charge >= 0.3 is 0 Å². The lowest BCUT2D eigenvalue weighted by Gasteiger charge is -2.32. The Bertz CT molecular complexity index is 181. The Balaban J connectivity index is 2.17. The lowest BCUT2D eigenvalue weighted by Crippen LogP contribution is -2.39. The Morgan fingerprint density at radius 2 is 2.00 bits per heavy atom. The molecule has 0 spiro atoms. The Hall–Kier alpha value is -0.120. The third kappa shape index (κ3) is 5.84. The van der Waals surface area contributed by atoms with Gasteiger partial charge in [0, 0.05) is 12.1 Å². The average Bonchev–Trinajstić information content (AvgIpc) is 2.39. The van der Waals surface area contributed by atoms with Gasteiger partial charge in [-0.15, -0.1) is 0 Å². The highest BCUT2D eigenvalue weighted by Gasteiger charge is 2.18. The highest BCUT2D eigenvalue weighted by molar-refractivity contribution is 4.75. The molecule has 1 unspecified atom stereocenters. The Morgan fingerprint density at radius 3 is 2.59 bits per heavy atom. The van der Waals surface area contributed by atoms with Gasteiger partial charge in [0.05, 0.1) is 6.61 Å². The topological polar surface area (TPSA) is 35.5 Å². The van der Waals surface area contributed by atoms with E-state index >= 15 is 0 Å². The highest BCUT2D eigenvalue weighted by atomic mass is 16.3. The molecule has 0 heterocycles. The zero-order valence-corrected chi connectivity index (χ0v) is 11.6. The molecule has 0 radical (unpaired) electrons. The fraction of sp³-hybridized carbons (Fsp3) is 1.00. The van der Waals surface area contributed by atoms with Crippen molar-refractivity contribution in [2.75, 3.05) is 26.7 Å². The largest absolute Gasteiger partial charge is 0.395 e. The highest BCUT2D eigenvalue weighted by Crippen LogP contribution is 2.21. The molecule has 0 amide bonds. The van der Waals surface area contributed by atoms with E-state index in [4.69, 9.17) is 0 Å². The first kappa shape index (κ1) is 14.9. The summed E-state index contributed by atoms with van der Waals surface area (Å²) in [6.07, 6.45) is 9.13. The van der Waals surface area contributed by atoms with Crippen molar-refractivity contribution in [1.29, 1.82) is 0 Å². The number of hydrogen-bond donors (Lipinski definition) is 2. The van der Waals surface area contributed by atoms with Crippen LogP contribution in [0.25, 0.3) is 0 Å². The average molecular weight is 242 g/mol. The van der Waals surface area contributed by atoms with E-state index < -0.39 is 0 Å². The Morgan fingerprint density at radius 1 is 1.29 bits per heavy atom. The predicted octanol–water partition coefficient (Wildman–Crippen LogP) is 2.00. The summed E-state index contributed by atoms with van der Waals surface area (Å²) in [4.78, 5) is 2.50. The number of rotatable bonds is 8. The van der Waals surface area contributed by atoms with Crippen LogP contribution in [0.5, 0.6) is 0 Å². The molecule has 1 aliphatic rings. The number of nitrogens with zero attached hydrogens (tertiary/aromatic N) is 1. The zero-order valence-electron chi connectivity index (χ0n) is 11.6. The molecule has 0 aliphatic heterocycles. The molecule has 0 aromatic carbocycles. The van der Waals surface area contributed by atoms with Gasteiger partial charge in [0.1, 0.15) is 0 Å². The van der Waals surface area contributed by atoms with Crippen LogP contribution in [0.4, 0.5) is 0 Å². The van der Waals surface area contributed by atoms with Gasteiger partial charge in [0.15, 0.2) is 0 Å². The summed E-state index contributed by atoms with van der Waals surface area (Å²) < 4.78 is 0. The second-order valence-electron chi connectivity index (χ2n) is 5.39. The number of aliphatic hydroxyl groups is 1. The van der Waals surface area contributed by atoms with Crippen LogP contribution in [-0.4, -0.2) is 48.8 Å². The summed E-state index contributed by atoms with van der Waals surface area (Å²) in [5.74, 6) is 0. The summed E-state index contributed by atoms with van der Waals surface area (Å²) >= 11 is 0. The van der Waals surface area contributed by atoms with Crippen molar-refractivity contribution in [1.82, 2.24) is 10.2 Å². The molecule has 3 heteroatoms. The third-order valence-corrected chi connectivity index (χ3v) is 3.93. The van der Waals surface area contributed by atoms with Gasteiger partial charge in [-0.2, -0.15) is 0 Å². The van der Waals surface area contributed by atoms with Crippen LogP contribution in [0.15, 0.2) is 0 Å². The molecule has 0 saturated heterocycles. The maximum Gasteiger partial charge on any atom is 0.0585 e. The number of hydrogen-bond acceptors (Lipinski definition) is 3. The molecule has 0 aromatic heterocycles. The molecular weight excluding hydrogens is 212 g/mol. The zero-order chi connectivity index (χ0) is 12.5. The van der Waals surface area contributed by atoms with Crippen LogP contribution in [0.1, 0.15) is 51.9 Å². The molecule has 102 valence electrons. The van der Waals surface area contributed by atoms with E-state index in [0.29, 0.717) is 0 Å². The molecule has 2 N–H and O–H groups in total. The summed E-state index contributed by atoms with van der Waals surface area (Å²) in [7, 11) is 2.24. The summed E-state index contributed by atoms with van der Waals surface area (Å²) in [6, 6.07) is 1.07. The second kappa shape index (κ2) is 8.90. The normalized spacial score (nSPS) is 19.8. The van der Waals surface area contributed by atoms with Crippen molar-refractivity contribution in [2.45, 2.75) is 64.0 Å². The minimum atomic E-state index is 0.262. The van der Waals surface area contributed by atoms with Crippen molar-refractivity contribution >= 4 is 0 Å². The molecule has 1 atom stereocenters. The molecule has 0 aromatic rings. The fourth-order valence-corrected chi connectivity index (χ4v) is 2.67. The van der Waals surface area contributed by atoms with Crippen LogP contribution in [-0.2, 0) is 0 Å². The SMILES string of the molecule is CCCNC(CO)CCN(C)C1CCCCC1. The lowest BCUT2D eigenvalue weighted by molar-refractivity contribution is 0.168. The van der Waals surface area contributed by atoms with Crippen LogP contribution in [0.3, 0.4) is 0 Å². The standard InChI is InChI=1S/C14H30N2O/c1-3-10-15-13(12-17)9-11-16(2)14-7-5-4-6-8-14/h13-15,17H,3-12H2,1-2H3. The predicted molar refractivity (Wildman–Crippen MR) is 73.3 cm³/mol.